The van der Waals surface area contributed by atoms with E-state index < -0.39 is 0 Å². The fraction of sp³-hybridized carbons (Fsp3) is 0.250. The predicted octanol–water partition coefficient (Wildman–Crippen LogP) is 4.37. The number of fused-ring (bicyclic) bond motifs is 1. The molecule has 0 aliphatic carbocycles. The third-order valence-electron chi connectivity index (χ3n) is 3.47. The standard InChI is InChI=1S/C16H16BrNO/c1-2-12-3-6-15(7-4-12)18-10-13-9-14(17)5-8-16(13)19-11-18/h3-9H,2,10-11H2,1H3. The van der Waals surface area contributed by atoms with Gasteiger partial charge in [-0.05, 0) is 42.3 Å². The quantitative estimate of drug-likeness (QED) is 0.815. The number of benzene rings is 2. The normalized spacial score (nSPS) is 13.9. The van der Waals surface area contributed by atoms with E-state index >= 15 is 0 Å². The van der Waals surface area contributed by atoms with E-state index in [0.29, 0.717) is 6.73 Å². The number of hydrogen-bond donors (Lipinski definition) is 0. The molecule has 0 unspecified atom stereocenters. The molecule has 0 atom stereocenters. The highest BCUT2D eigenvalue weighted by molar-refractivity contribution is 9.10. The van der Waals surface area contributed by atoms with Crippen LogP contribution in [0.3, 0.4) is 0 Å². The van der Waals surface area contributed by atoms with Crippen molar-refractivity contribution in [2.45, 2.75) is 19.9 Å². The number of nitrogens with zero attached hydrogens (tertiary/aromatic N) is 1. The Morgan fingerprint density at radius 2 is 1.95 bits per heavy atom. The highest BCUT2D eigenvalue weighted by Crippen LogP contribution is 2.30. The Labute approximate surface area is 122 Å². The Morgan fingerprint density at radius 3 is 2.68 bits per heavy atom. The number of halogens is 1. The minimum atomic E-state index is 0.611. The predicted molar refractivity (Wildman–Crippen MR) is 81.6 cm³/mol. The minimum absolute atomic E-state index is 0.611. The monoisotopic (exact) mass is 317 g/mol. The second kappa shape index (κ2) is 5.25. The molecule has 0 saturated heterocycles. The van der Waals surface area contributed by atoms with Crippen LogP contribution in [0.15, 0.2) is 46.9 Å². The largest absolute Gasteiger partial charge is 0.473 e. The Morgan fingerprint density at radius 1 is 1.16 bits per heavy atom. The van der Waals surface area contributed by atoms with Crippen molar-refractivity contribution in [3.8, 4) is 5.75 Å². The summed E-state index contributed by atoms with van der Waals surface area (Å²) in [7, 11) is 0. The van der Waals surface area contributed by atoms with Gasteiger partial charge in [-0.3, -0.25) is 0 Å². The smallest absolute Gasteiger partial charge is 0.161 e. The number of anilines is 1. The summed E-state index contributed by atoms with van der Waals surface area (Å²) in [5, 5.41) is 0. The first kappa shape index (κ1) is 12.5. The maximum atomic E-state index is 5.81. The lowest BCUT2D eigenvalue weighted by Gasteiger charge is -2.31. The lowest BCUT2D eigenvalue weighted by atomic mass is 10.1. The summed E-state index contributed by atoms with van der Waals surface area (Å²) >= 11 is 3.51. The van der Waals surface area contributed by atoms with Crippen LogP contribution in [0.25, 0.3) is 0 Å². The van der Waals surface area contributed by atoms with Crippen molar-refractivity contribution < 1.29 is 4.74 Å². The van der Waals surface area contributed by atoms with Crippen LogP contribution in [0.4, 0.5) is 5.69 Å². The van der Waals surface area contributed by atoms with Crippen LogP contribution in [0.1, 0.15) is 18.1 Å². The van der Waals surface area contributed by atoms with Gasteiger partial charge in [0.15, 0.2) is 6.73 Å². The van der Waals surface area contributed by atoms with Gasteiger partial charge in [-0.25, -0.2) is 0 Å². The van der Waals surface area contributed by atoms with Crippen LogP contribution in [0.5, 0.6) is 5.75 Å². The molecule has 19 heavy (non-hydrogen) atoms. The molecule has 1 aliphatic rings. The van der Waals surface area contributed by atoms with Crippen molar-refractivity contribution >= 4 is 21.6 Å². The van der Waals surface area contributed by atoms with Gasteiger partial charge in [0.2, 0.25) is 0 Å². The number of ether oxygens (including phenoxy) is 1. The maximum absolute atomic E-state index is 5.81. The zero-order valence-corrected chi connectivity index (χ0v) is 12.5. The molecule has 1 heterocycles. The maximum Gasteiger partial charge on any atom is 0.161 e. The van der Waals surface area contributed by atoms with E-state index in [2.05, 4.69) is 58.1 Å². The average Bonchev–Trinajstić information content (AvgIpc) is 2.46. The van der Waals surface area contributed by atoms with Crippen LogP contribution < -0.4 is 9.64 Å². The molecule has 3 heteroatoms. The van der Waals surface area contributed by atoms with Gasteiger partial charge < -0.3 is 9.64 Å². The fourth-order valence-electron chi connectivity index (χ4n) is 2.32. The van der Waals surface area contributed by atoms with Gasteiger partial charge in [0.25, 0.3) is 0 Å². The van der Waals surface area contributed by atoms with Gasteiger partial charge in [-0.15, -0.1) is 0 Å². The van der Waals surface area contributed by atoms with Crippen LogP contribution in [-0.4, -0.2) is 6.73 Å². The molecule has 0 N–H and O–H groups in total. The average molecular weight is 318 g/mol. The molecule has 0 saturated carbocycles. The zero-order chi connectivity index (χ0) is 13.2. The highest BCUT2D eigenvalue weighted by atomic mass is 79.9. The van der Waals surface area contributed by atoms with Crippen molar-refractivity contribution in [2.75, 3.05) is 11.6 Å². The molecule has 3 rings (SSSR count). The lowest BCUT2D eigenvalue weighted by Crippen LogP contribution is -2.31. The first-order valence-electron chi connectivity index (χ1n) is 6.51. The molecule has 0 aromatic heterocycles. The molecule has 2 aromatic rings. The SMILES string of the molecule is CCc1ccc(N2COc3ccc(Br)cc3C2)cc1. The number of aryl methyl sites for hydroxylation is 1. The van der Waals surface area contributed by atoms with E-state index in [9.17, 15) is 0 Å². The summed E-state index contributed by atoms with van der Waals surface area (Å²) in [6, 6.07) is 14.9. The topological polar surface area (TPSA) is 12.5 Å². The summed E-state index contributed by atoms with van der Waals surface area (Å²) in [4.78, 5) is 2.24. The molecular weight excluding hydrogens is 302 g/mol. The molecule has 0 amide bonds. The molecule has 0 radical (unpaired) electrons. The van der Waals surface area contributed by atoms with E-state index in [1.807, 2.05) is 12.1 Å². The van der Waals surface area contributed by atoms with Crippen molar-refractivity contribution in [1.82, 2.24) is 0 Å². The zero-order valence-electron chi connectivity index (χ0n) is 10.9. The molecule has 0 fully saturated rings. The van der Waals surface area contributed by atoms with Gasteiger partial charge in [-0.1, -0.05) is 35.0 Å². The van der Waals surface area contributed by atoms with E-state index in [-0.39, 0.29) is 0 Å². The van der Waals surface area contributed by atoms with E-state index in [4.69, 9.17) is 4.74 Å². The lowest BCUT2D eigenvalue weighted by molar-refractivity contribution is 0.289. The van der Waals surface area contributed by atoms with Crippen LogP contribution in [-0.2, 0) is 13.0 Å². The van der Waals surface area contributed by atoms with Crippen LogP contribution in [0.2, 0.25) is 0 Å². The summed E-state index contributed by atoms with van der Waals surface area (Å²) in [5.41, 5.74) is 3.80. The first-order valence-corrected chi connectivity index (χ1v) is 7.30. The molecule has 2 nitrogen and oxygen atoms in total. The van der Waals surface area contributed by atoms with Gasteiger partial charge >= 0.3 is 0 Å². The Kier molecular flexibility index (Phi) is 3.47. The van der Waals surface area contributed by atoms with Crippen molar-refractivity contribution in [3.05, 3.63) is 58.1 Å². The first-order chi connectivity index (χ1) is 9.26. The molecular formula is C16H16BrNO. The third-order valence-corrected chi connectivity index (χ3v) is 3.96. The van der Waals surface area contributed by atoms with Crippen molar-refractivity contribution in [1.29, 1.82) is 0 Å². The summed E-state index contributed by atoms with van der Waals surface area (Å²) in [5.74, 6) is 0.990. The third kappa shape index (κ3) is 2.61. The fourth-order valence-corrected chi connectivity index (χ4v) is 2.73. The Balaban J connectivity index is 1.84. The minimum Gasteiger partial charge on any atom is -0.473 e. The molecule has 2 aromatic carbocycles. The van der Waals surface area contributed by atoms with E-state index in [1.165, 1.54) is 16.8 Å². The van der Waals surface area contributed by atoms with Gasteiger partial charge in [0, 0.05) is 22.3 Å². The van der Waals surface area contributed by atoms with Gasteiger partial charge in [0.1, 0.15) is 5.75 Å². The second-order valence-corrected chi connectivity index (χ2v) is 5.66. The van der Waals surface area contributed by atoms with E-state index in [1.54, 1.807) is 0 Å². The highest BCUT2D eigenvalue weighted by Gasteiger charge is 2.17. The Bertz CT molecular complexity index is 580. The molecule has 0 bridgehead atoms. The second-order valence-electron chi connectivity index (χ2n) is 4.74. The van der Waals surface area contributed by atoms with Gasteiger partial charge in [-0.2, -0.15) is 0 Å². The van der Waals surface area contributed by atoms with Crippen molar-refractivity contribution in [3.63, 3.8) is 0 Å². The van der Waals surface area contributed by atoms with Crippen LogP contribution in [0, 0.1) is 0 Å². The summed E-state index contributed by atoms with van der Waals surface area (Å²) < 4.78 is 6.90. The molecule has 0 spiro atoms. The number of hydrogen-bond acceptors (Lipinski definition) is 2. The summed E-state index contributed by atoms with van der Waals surface area (Å²) in [6.45, 7) is 3.67. The molecule has 98 valence electrons. The van der Waals surface area contributed by atoms with Crippen molar-refractivity contribution in [2.24, 2.45) is 0 Å². The van der Waals surface area contributed by atoms with Gasteiger partial charge in [0.05, 0.1) is 0 Å². The number of rotatable bonds is 2. The van der Waals surface area contributed by atoms with E-state index in [0.717, 1.165) is 23.2 Å². The Hall–Kier alpha value is -1.48. The molecule has 1 aliphatic heterocycles. The van der Waals surface area contributed by atoms with Crippen LogP contribution >= 0.6 is 15.9 Å². The summed E-state index contributed by atoms with van der Waals surface area (Å²) in [6.07, 6.45) is 1.08.